The van der Waals surface area contributed by atoms with E-state index in [1.54, 1.807) is 19.2 Å². The second-order valence-electron chi connectivity index (χ2n) is 7.49. The number of aliphatic hydroxyl groups is 1. The van der Waals surface area contributed by atoms with E-state index in [9.17, 15) is 18.3 Å². The Labute approximate surface area is 172 Å². The van der Waals surface area contributed by atoms with Crippen LogP contribution in [-0.4, -0.2) is 43.0 Å². The largest absolute Gasteiger partial charge is 0.573 e. The highest BCUT2D eigenvalue weighted by Gasteiger charge is 2.38. The zero-order valence-electron chi connectivity index (χ0n) is 17.0. The first-order valence-electron chi connectivity index (χ1n) is 9.16. The van der Waals surface area contributed by atoms with Crippen LogP contribution in [0.15, 0.2) is 47.6 Å². The van der Waals surface area contributed by atoms with Crippen LogP contribution < -0.4 is 14.2 Å². The molecule has 1 unspecified atom stereocenters. The van der Waals surface area contributed by atoms with Gasteiger partial charge in [-0.2, -0.15) is 5.10 Å². The van der Waals surface area contributed by atoms with Crippen molar-refractivity contribution >= 4 is 5.71 Å². The van der Waals surface area contributed by atoms with Crippen molar-refractivity contribution in [2.24, 2.45) is 10.5 Å². The van der Waals surface area contributed by atoms with E-state index >= 15 is 0 Å². The molecule has 162 valence electrons. The molecule has 2 aromatic carbocycles. The Morgan fingerprint density at radius 3 is 2.40 bits per heavy atom. The first-order chi connectivity index (χ1) is 14.0. The number of hydrogen-bond donors (Lipinski definition) is 1. The Hall–Kier alpha value is -2.94. The molecule has 0 radical (unpaired) electrons. The number of rotatable bonds is 6. The molecular weight excluding hydrogens is 401 g/mol. The summed E-state index contributed by atoms with van der Waals surface area (Å²) in [6, 6.07) is 10.6. The molecule has 0 saturated heterocycles. The van der Waals surface area contributed by atoms with Crippen LogP contribution in [0.5, 0.6) is 17.2 Å². The summed E-state index contributed by atoms with van der Waals surface area (Å²) in [4.78, 5) is 0. The Kier molecular flexibility index (Phi) is 5.85. The maximum absolute atomic E-state index is 12.5. The first kappa shape index (κ1) is 21.8. The molecular formula is C21H23F3N2O4. The molecule has 0 spiro atoms. The average molecular weight is 424 g/mol. The van der Waals surface area contributed by atoms with Crippen molar-refractivity contribution in [2.75, 3.05) is 20.8 Å². The number of hydrazone groups is 1. The second kappa shape index (κ2) is 8.06. The van der Waals surface area contributed by atoms with Crippen LogP contribution in [-0.2, 0) is 0 Å². The molecule has 0 bridgehead atoms. The number of halogens is 3. The van der Waals surface area contributed by atoms with Crippen molar-refractivity contribution in [3.05, 3.63) is 53.6 Å². The van der Waals surface area contributed by atoms with Gasteiger partial charge in [-0.25, -0.2) is 0 Å². The number of alkyl halides is 3. The molecule has 1 atom stereocenters. The quantitative estimate of drug-likeness (QED) is 0.748. The van der Waals surface area contributed by atoms with Crippen molar-refractivity contribution in [1.82, 2.24) is 5.01 Å². The third-order valence-electron chi connectivity index (χ3n) is 4.76. The van der Waals surface area contributed by atoms with Crippen LogP contribution in [0.3, 0.4) is 0 Å². The Bertz CT molecular complexity index is 944. The van der Waals surface area contributed by atoms with Gasteiger partial charge in [0.05, 0.1) is 26.5 Å². The van der Waals surface area contributed by atoms with Crippen LogP contribution >= 0.6 is 0 Å². The molecule has 9 heteroatoms. The maximum Gasteiger partial charge on any atom is 0.573 e. The lowest BCUT2D eigenvalue weighted by molar-refractivity contribution is -0.274. The summed E-state index contributed by atoms with van der Waals surface area (Å²) in [6.45, 7) is 4.30. The zero-order valence-corrected chi connectivity index (χ0v) is 17.0. The van der Waals surface area contributed by atoms with Crippen LogP contribution in [0.2, 0.25) is 0 Å². The normalized spacial score (nSPS) is 16.8. The molecule has 0 saturated carbocycles. The van der Waals surface area contributed by atoms with Crippen LogP contribution in [0.1, 0.15) is 31.2 Å². The molecule has 1 heterocycles. The number of ether oxygens (including phenoxy) is 3. The second-order valence-corrected chi connectivity index (χ2v) is 7.49. The van der Waals surface area contributed by atoms with E-state index in [-0.39, 0.29) is 5.56 Å². The summed E-state index contributed by atoms with van der Waals surface area (Å²) in [5, 5.41) is 16.8. The lowest BCUT2D eigenvalue weighted by Gasteiger charge is -2.25. The highest BCUT2D eigenvalue weighted by Crippen LogP contribution is 2.37. The van der Waals surface area contributed by atoms with E-state index in [0.717, 1.165) is 11.6 Å². The summed E-state index contributed by atoms with van der Waals surface area (Å²) in [6.07, 6.45) is -6.04. The Morgan fingerprint density at radius 2 is 1.77 bits per heavy atom. The number of aliphatic hydroxyl groups excluding tert-OH is 1. The number of hydrogen-bond acceptors (Lipinski definition) is 6. The first-order valence-corrected chi connectivity index (χ1v) is 9.16. The van der Waals surface area contributed by atoms with E-state index in [4.69, 9.17) is 9.47 Å². The van der Waals surface area contributed by atoms with E-state index in [0.29, 0.717) is 23.8 Å². The SMILES string of the molecule is COc1ccc(C2=NN(C(O)c3cccc(OC(F)(F)F)c3)CC2(C)C)cc1OC. The number of benzene rings is 2. The third-order valence-corrected chi connectivity index (χ3v) is 4.76. The van der Waals surface area contributed by atoms with Crippen LogP contribution in [0, 0.1) is 5.41 Å². The molecule has 6 nitrogen and oxygen atoms in total. The molecule has 1 aliphatic rings. The molecule has 1 aliphatic heterocycles. The number of methoxy groups -OCH3 is 2. The fourth-order valence-corrected chi connectivity index (χ4v) is 3.40. The molecule has 0 aromatic heterocycles. The highest BCUT2D eigenvalue weighted by molar-refractivity contribution is 6.05. The highest BCUT2D eigenvalue weighted by atomic mass is 19.4. The predicted molar refractivity (Wildman–Crippen MR) is 105 cm³/mol. The van der Waals surface area contributed by atoms with Crippen molar-refractivity contribution in [3.63, 3.8) is 0 Å². The fourth-order valence-electron chi connectivity index (χ4n) is 3.40. The predicted octanol–water partition coefficient (Wildman–Crippen LogP) is 4.34. The Morgan fingerprint density at radius 1 is 1.07 bits per heavy atom. The minimum absolute atomic E-state index is 0.241. The van der Waals surface area contributed by atoms with E-state index in [1.807, 2.05) is 19.9 Å². The topological polar surface area (TPSA) is 63.5 Å². The molecule has 0 fully saturated rings. The standard InChI is InChI=1S/C21H23F3N2O4/c1-20(2)12-26(19(27)14-6-5-7-15(10-14)30-21(22,23)24)25-18(20)13-8-9-16(28-3)17(11-13)29-4/h5-11,19,27H,12H2,1-4H3. The van der Waals surface area contributed by atoms with Gasteiger partial charge in [0.2, 0.25) is 0 Å². The van der Waals surface area contributed by atoms with Gasteiger partial charge in [0.15, 0.2) is 17.7 Å². The van der Waals surface area contributed by atoms with Gasteiger partial charge in [-0.3, -0.25) is 5.01 Å². The monoisotopic (exact) mass is 424 g/mol. The Balaban J connectivity index is 1.90. The summed E-state index contributed by atoms with van der Waals surface area (Å²) >= 11 is 0. The van der Waals surface area contributed by atoms with Gasteiger partial charge in [-0.1, -0.05) is 26.0 Å². The molecule has 30 heavy (non-hydrogen) atoms. The average Bonchev–Trinajstić information content (AvgIpc) is 3.00. The molecule has 0 aliphatic carbocycles. The minimum atomic E-state index is -4.81. The van der Waals surface area contributed by atoms with Gasteiger partial charge in [-0.05, 0) is 30.3 Å². The van der Waals surface area contributed by atoms with Gasteiger partial charge in [0.25, 0.3) is 0 Å². The number of nitrogens with zero attached hydrogens (tertiary/aromatic N) is 2. The summed E-state index contributed by atoms with van der Waals surface area (Å²) in [5.41, 5.74) is 1.32. The molecule has 1 N–H and O–H groups in total. The van der Waals surface area contributed by atoms with Crippen LogP contribution in [0.25, 0.3) is 0 Å². The van der Waals surface area contributed by atoms with Gasteiger partial charge >= 0.3 is 6.36 Å². The molecule has 2 aromatic rings. The van der Waals surface area contributed by atoms with Crippen molar-refractivity contribution < 1.29 is 32.5 Å². The van der Waals surface area contributed by atoms with Gasteiger partial charge in [0, 0.05) is 16.5 Å². The van der Waals surface area contributed by atoms with E-state index < -0.39 is 23.8 Å². The lowest BCUT2D eigenvalue weighted by Crippen LogP contribution is -2.30. The third kappa shape index (κ3) is 4.62. The smallest absolute Gasteiger partial charge is 0.493 e. The minimum Gasteiger partial charge on any atom is -0.493 e. The van der Waals surface area contributed by atoms with Gasteiger partial charge in [0.1, 0.15) is 5.75 Å². The van der Waals surface area contributed by atoms with Gasteiger partial charge < -0.3 is 19.3 Å². The van der Waals surface area contributed by atoms with Crippen molar-refractivity contribution in [2.45, 2.75) is 26.4 Å². The zero-order chi connectivity index (χ0) is 22.1. The maximum atomic E-state index is 12.5. The summed E-state index contributed by atoms with van der Waals surface area (Å²) in [7, 11) is 3.08. The molecule has 3 rings (SSSR count). The summed E-state index contributed by atoms with van der Waals surface area (Å²) in [5.74, 6) is 0.724. The molecule has 0 amide bonds. The van der Waals surface area contributed by atoms with Crippen LogP contribution in [0.4, 0.5) is 13.2 Å². The van der Waals surface area contributed by atoms with E-state index in [2.05, 4.69) is 9.84 Å². The van der Waals surface area contributed by atoms with Crippen molar-refractivity contribution in [3.8, 4) is 17.2 Å². The lowest BCUT2D eigenvalue weighted by atomic mass is 9.84. The van der Waals surface area contributed by atoms with Crippen molar-refractivity contribution in [1.29, 1.82) is 0 Å². The summed E-state index contributed by atoms with van der Waals surface area (Å²) < 4.78 is 52.0. The van der Waals surface area contributed by atoms with E-state index in [1.165, 1.54) is 30.3 Å². The fraction of sp³-hybridized carbons (Fsp3) is 0.381. The van der Waals surface area contributed by atoms with Gasteiger partial charge in [-0.15, -0.1) is 13.2 Å².